The van der Waals surface area contributed by atoms with Gasteiger partial charge in [-0.05, 0) is 29.7 Å². The van der Waals surface area contributed by atoms with Crippen LogP contribution >= 0.6 is 0 Å². The molecule has 0 fully saturated rings. The van der Waals surface area contributed by atoms with Gasteiger partial charge in [-0.2, -0.15) is 5.26 Å². The molecule has 0 bridgehead atoms. The molecule has 90 valence electrons. The lowest BCUT2D eigenvalue weighted by atomic mass is 9.93. The normalized spacial score (nSPS) is 11.6. The maximum Gasteiger partial charge on any atom is 0.119 e. The number of ether oxygens (including phenoxy) is 1. The van der Waals surface area contributed by atoms with Crippen molar-refractivity contribution in [3.05, 3.63) is 65.7 Å². The Labute approximate surface area is 107 Å². The number of hydrogen-bond acceptors (Lipinski definition) is 2. The number of nitriles is 1. The van der Waals surface area contributed by atoms with Gasteiger partial charge in [-0.1, -0.05) is 42.5 Å². The molecular formula is C16H15NO. The van der Waals surface area contributed by atoms with Crippen LogP contribution in [0.25, 0.3) is 0 Å². The molecule has 0 aliphatic carbocycles. The summed E-state index contributed by atoms with van der Waals surface area (Å²) in [5.41, 5.74) is 2.17. The van der Waals surface area contributed by atoms with Crippen LogP contribution in [0.1, 0.15) is 17.0 Å². The van der Waals surface area contributed by atoms with Crippen molar-refractivity contribution in [3.8, 4) is 11.8 Å². The Balaban J connectivity index is 2.21. The molecule has 2 nitrogen and oxygen atoms in total. The Morgan fingerprint density at radius 1 is 1.11 bits per heavy atom. The summed E-state index contributed by atoms with van der Waals surface area (Å²) < 4.78 is 5.19. The third-order valence-corrected chi connectivity index (χ3v) is 2.93. The van der Waals surface area contributed by atoms with Crippen LogP contribution in [0.4, 0.5) is 0 Å². The van der Waals surface area contributed by atoms with Crippen LogP contribution in [0.15, 0.2) is 54.6 Å². The molecule has 2 aromatic rings. The van der Waals surface area contributed by atoms with E-state index in [-0.39, 0.29) is 5.92 Å². The maximum absolute atomic E-state index is 9.31. The minimum absolute atomic E-state index is 0.137. The van der Waals surface area contributed by atoms with E-state index in [0.717, 1.165) is 17.7 Å². The fourth-order valence-electron chi connectivity index (χ4n) is 1.95. The number of nitrogens with zero attached hydrogens (tertiary/aromatic N) is 1. The summed E-state index contributed by atoms with van der Waals surface area (Å²) in [5.74, 6) is 0.656. The maximum atomic E-state index is 9.31. The summed E-state index contributed by atoms with van der Waals surface area (Å²) in [6, 6.07) is 20.1. The monoisotopic (exact) mass is 237 g/mol. The van der Waals surface area contributed by atoms with Crippen LogP contribution in [-0.2, 0) is 6.42 Å². The molecule has 0 amide bonds. The largest absolute Gasteiger partial charge is 0.497 e. The first-order chi connectivity index (χ1) is 8.83. The molecule has 2 heteroatoms. The van der Waals surface area contributed by atoms with E-state index in [0.29, 0.717) is 0 Å². The van der Waals surface area contributed by atoms with E-state index < -0.39 is 0 Å². The molecule has 0 saturated heterocycles. The van der Waals surface area contributed by atoms with Gasteiger partial charge in [-0.15, -0.1) is 0 Å². The summed E-state index contributed by atoms with van der Waals surface area (Å²) in [6.45, 7) is 0. The number of benzene rings is 2. The summed E-state index contributed by atoms with van der Waals surface area (Å²) in [7, 11) is 1.64. The van der Waals surface area contributed by atoms with Gasteiger partial charge in [0.15, 0.2) is 0 Å². The molecular weight excluding hydrogens is 222 g/mol. The lowest BCUT2D eigenvalue weighted by molar-refractivity contribution is 0.414. The highest BCUT2D eigenvalue weighted by Crippen LogP contribution is 2.23. The number of rotatable bonds is 4. The first-order valence-electron chi connectivity index (χ1n) is 5.91. The fraction of sp³-hybridized carbons (Fsp3) is 0.188. The van der Waals surface area contributed by atoms with Gasteiger partial charge in [0.25, 0.3) is 0 Å². The van der Waals surface area contributed by atoms with Crippen LogP contribution in [0, 0.1) is 11.3 Å². The second-order valence-corrected chi connectivity index (χ2v) is 4.15. The third kappa shape index (κ3) is 2.89. The highest BCUT2D eigenvalue weighted by molar-refractivity contribution is 5.35. The van der Waals surface area contributed by atoms with Crippen molar-refractivity contribution < 1.29 is 4.74 Å². The quantitative estimate of drug-likeness (QED) is 0.814. The van der Waals surface area contributed by atoms with Crippen molar-refractivity contribution >= 4 is 0 Å². The van der Waals surface area contributed by atoms with Gasteiger partial charge in [-0.3, -0.25) is 0 Å². The molecule has 0 unspecified atom stereocenters. The standard InChI is InChI=1S/C16H15NO/c1-18-16-9-5-8-14(11-16)15(12-17)10-13-6-3-2-4-7-13/h2-9,11,15H,10H2,1H3/t15-/m1/s1. The molecule has 0 saturated carbocycles. The van der Waals surface area contributed by atoms with E-state index in [2.05, 4.69) is 6.07 Å². The highest BCUT2D eigenvalue weighted by Gasteiger charge is 2.11. The van der Waals surface area contributed by atoms with E-state index in [1.807, 2.05) is 54.6 Å². The molecule has 0 spiro atoms. The van der Waals surface area contributed by atoms with Crippen LogP contribution < -0.4 is 4.74 Å². The Morgan fingerprint density at radius 3 is 2.56 bits per heavy atom. The van der Waals surface area contributed by atoms with Gasteiger partial charge in [0.05, 0.1) is 19.1 Å². The van der Waals surface area contributed by atoms with Crippen molar-refractivity contribution in [1.29, 1.82) is 5.26 Å². The van der Waals surface area contributed by atoms with E-state index in [1.54, 1.807) is 7.11 Å². The number of hydrogen-bond donors (Lipinski definition) is 0. The molecule has 0 aliphatic rings. The lowest BCUT2D eigenvalue weighted by Crippen LogP contribution is -2.00. The SMILES string of the molecule is COc1cccc([C@@H](C#N)Cc2ccccc2)c1. The highest BCUT2D eigenvalue weighted by atomic mass is 16.5. The minimum atomic E-state index is -0.137. The number of methoxy groups -OCH3 is 1. The Hall–Kier alpha value is -2.27. The lowest BCUT2D eigenvalue weighted by Gasteiger charge is -2.10. The Kier molecular flexibility index (Phi) is 3.98. The zero-order chi connectivity index (χ0) is 12.8. The minimum Gasteiger partial charge on any atom is -0.497 e. The molecule has 0 heterocycles. The van der Waals surface area contributed by atoms with Gasteiger partial charge in [0.2, 0.25) is 0 Å². The molecule has 2 rings (SSSR count). The van der Waals surface area contributed by atoms with Crippen LogP contribution in [0.5, 0.6) is 5.75 Å². The van der Waals surface area contributed by atoms with E-state index in [4.69, 9.17) is 4.74 Å². The fourth-order valence-corrected chi connectivity index (χ4v) is 1.95. The van der Waals surface area contributed by atoms with Gasteiger partial charge in [0.1, 0.15) is 5.75 Å². The zero-order valence-electron chi connectivity index (χ0n) is 10.3. The second-order valence-electron chi connectivity index (χ2n) is 4.15. The smallest absolute Gasteiger partial charge is 0.119 e. The topological polar surface area (TPSA) is 33.0 Å². The summed E-state index contributed by atoms with van der Waals surface area (Å²) in [6.07, 6.45) is 0.727. The molecule has 1 atom stereocenters. The van der Waals surface area contributed by atoms with Crippen LogP contribution in [0.3, 0.4) is 0 Å². The summed E-state index contributed by atoms with van der Waals surface area (Å²) in [4.78, 5) is 0. The van der Waals surface area contributed by atoms with Crippen LogP contribution in [-0.4, -0.2) is 7.11 Å². The molecule has 0 N–H and O–H groups in total. The first kappa shape index (κ1) is 12.2. The molecule has 0 aliphatic heterocycles. The van der Waals surface area contributed by atoms with E-state index >= 15 is 0 Å². The van der Waals surface area contributed by atoms with E-state index in [9.17, 15) is 5.26 Å². The average Bonchev–Trinajstić information content (AvgIpc) is 2.46. The first-order valence-corrected chi connectivity index (χ1v) is 5.91. The van der Waals surface area contributed by atoms with Crippen molar-refractivity contribution in [2.75, 3.05) is 7.11 Å². The Morgan fingerprint density at radius 2 is 1.89 bits per heavy atom. The van der Waals surface area contributed by atoms with Gasteiger partial charge in [0, 0.05) is 0 Å². The molecule has 0 aromatic heterocycles. The summed E-state index contributed by atoms with van der Waals surface area (Å²) >= 11 is 0. The van der Waals surface area contributed by atoms with Gasteiger partial charge >= 0.3 is 0 Å². The molecule has 2 aromatic carbocycles. The Bertz CT molecular complexity index is 543. The summed E-state index contributed by atoms with van der Waals surface area (Å²) in [5, 5.41) is 9.31. The zero-order valence-corrected chi connectivity index (χ0v) is 10.3. The molecule has 0 radical (unpaired) electrons. The van der Waals surface area contributed by atoms with Gasteiger partial charge < -0.3 is 4.74 Å². The van der Waals surface area contributed by atoms with Crippen molar-refractivity contribution in [1.82, 2.24) is 0 Å². The van der Waals surface area contributed by atoms with E-state index in [1.165, 1.54) is 5.56 Å². The second kappa shape index (κ2) is 5.88. The predicted molar refractivity (Wildman–Crippen MR) is 71.5 cm³/mol. The van der Waals surface area contributed by atoms with Crippen molar-refractivity contribution in [3.63, 3.8) is 0 Å². The van der Waals surface area contributed by atoms with Crippen LogP contribution in [0.2, 0.25) is 0 Å². The van der Waals surface area contributed by atoms with Crippen molar-refractivity contribution in [2.45, 2.75) is 12.3 Å². The van der Waals surface area contributed by atoms with Gasteiger partial charge in [-0.25, -0.2) is 0 Å². The molecule has 18 heavy (non-hydrogen) atoms. The predicted octanol–water partition coefficient (Wildman–Crippen LogP) is 3.55. The van der Waals surface area contributed by atoms with Crippen molar-refractivity contribution in [2.24, 2.45) is 0 Å². The average molecular weight is 237 g/mol. The third-order valence-electron chi connectivity index (χ3n) is 2.93.